The van der Waals surface area contributed by atoms with Gasteiger partial charge in [0.2, 0.25) is 0 Å². The molecule has 0 fully saturated rings. The van der Waals surface area contributed by atoms with Gasteiger partial charge in [-0.05, 0) is 25.5 Å². The van der Waals surface area contributed by atoms with Crippen LogP contribution in [0.25, 0.3) is 0 Å². The van der Waals surface area contributed by atoms with Crippen LogP contribution in [0, 0.1) is 0 Å². The number of hydrogen-bond acceptors (Lipinski definition) is 3. The Balaban J connectivity index is 2.56. The molecule has 0 unspecified atom stereocenters. The van der Waals surface area contributed by atoms with E-state index >= 15 is 0 Å². The first kappa shape index (κ1) is 16.0. The number of ether oxygens (including phenoxy) is 1. The van der Waals surface area contributed by atoms with E-state index in [2.05, 4.69) is 28.2 Å². The van der Waals surface area contributed by atoms with Crippen molar-refractivity contribution in [2.45, 2.75) is 32.8 Å². The fraction of sp³-hybridized carbons (Fsp3) is 0.500. The molecule has 0 heterocycles. The maximum Gasteiger partial charge on any atom is 0.257 e. The van der Waals surface area contributed by atoms with Crippen LogP contribution in [0.15, 0.2) is 22.7 Å². The molecule has 4 nitrogen and oxygen atoms in total. The molecular formula is C14H20BrNO3. The Kier molecular flexibility index (Phi) is 6.87. The highest BCUT2D eigenvalue weighted by atomic mass is 79.9. The number of aliphatic hydroxyl groups is 1. The zero-order valence-electron chi connectivity index (χ0n) is 11.3. The van der Waals surface area contributed by atoms with E-state index < -0.39 is 6.10 Å². The smallest absolute Gasteiger partial charge is 0.257 e. The molecule has 0 bridgehead atoms. The Morgan fingerprint density at radius 1 is 1.53 bits per heavy atom. The van der Waals surface area contributed by atoms with E-state index in [0.29, 0.717) is 17.9 Å². The summed E-state index contributed by atoms with van der Waals surface area (Å²) in [6.45, 7) is 4.36. The lowest BCUT2D eigenvalue weighted by molar-refractivity contribution is -0.123. The molecule has 0 aliphatic carbocycles. The second-order valence-electron chi connectivity index (χ2n) is 4.35. The van der Waals surface area contributed by atoms with Crippen molar-refractivity contribution in [3.8, 4) is 5.75 Å². The van der Waals surface area contributed by atoms with Gasteiger partial charge in [-0.2, -0.15) is 0 Å². The minimum absolute atomic E-state index is 0.0418. The zero-order chi connectivity index (χ0) is 14.3. The number of halogens is 1. The summed E-state index contributed by atoms with van der Waals surface area (Å²) in [5.74, 6) is 0.375. The molecule has 0 aromatic heterocycles. The molecule has 1 aromatic carbocycles. The van der Waals surface area contributed by atoms with Gasteiger partial charge in [-0.1, -0.05) is 35.3 Å². The number of nitrogens with one attached hydrogen (secondary N) is 1. The molecule has 0 spiro atoms. The van der Waals surface area contributed by atoms with Crippen LogP contribution >= 0.6 is 15.9 Å². The maximum absolute atomic E-state index is 11.5. The highest BCUT2D eigenvalue weighted by molar-refractivity contribution is 9.10. The van der Waals surface area contributed by atoms with Gasteiger partial charge in [0.25, 0.3) is 5.91 Å². The first-order valence-corrected chi connectivity index (χ1v) is 7.21. The first-order chi connectivity index (χ1) is 9.04. The quantitative estimate of drug-likeness (QED) is 0.756. The maximum atomic E-state index is 11.5. The summed E-state index contributed by atoms with van der Waals surface area (Å²) < 4.78 is 6.32. The van der Waals surface area contributed by atoms with Gasteiger partial charge in [0.15, 0.2) is 6.61 Å². The molecule has 1 amide bonds. The van der Waals surface area contributed by atoms with Crippen LogP contribution in [0.4, 0.5) is 0 Å². The Hall–Kier alpha value is -1.07. The van der Waals surface area contributed by atoms with Gasteiger partial charge in [-0.3, -0.25) is 4.79 Å². The largest absolute Gasteiger partial charge is 0.483 e. The van der Waals surface area contributed by atoms with E-state index in [1.54, 1.807) is 19.1 Å². The van der Waals surface area contributed by atoms with Crippen LogP contribution < -0.4 is 10.1 Å². The van der Waals surface area contributed by atoms with Crippen molar-refractivity contribution >= 4 is 21.8 Å². The standard InChI is InChI=1S/C14H20BrNO3/c1-3-4-7-16-14(18)9-19-13-8-11(15)5-6-12(13)10(2)17/h5-6,8,10,17H,3-4,7,9H2,1-2H3,(H,16,18)/t10-/m1/s1. The molecule has 5 heteroatoms. The molecule has 1 atom stereocenters. The van der Waals surface area contributed by atoms with Crippen LogP contribution in [0.2, 0.25) is 0 Å². The molecule has 19 heavy (non-hydrogen) atoms. The summed E-state index contributed by atoms with van der Waals surface area (Å²) in [5.41, 5.74) is 0.671. The predicted molar refractivity (Wildman–Crippen MR) is 78.2 cm³/mol. The monoisotopic (exact) mass is 329 g/mol. The second-order valence-corrected chi connectivity index (χ2v) is 5.27. The van der Waals surface area contributed by atoms with Gasteiger partial charge >= 0.3 is 0 Å². The Morgan fingerprint density at radius 2 is 2.26 bits per heavy atom. The van der Waals surface area contributed by atoms with Crippen LogP contribution in [-0.2, 0) is 4.79 Å². The van der Waals surface area contributed by atoms with Crippen molar-refractivity contribution in [3.63, 3.8) is 0 Å². The number of unbranched alkanes of at least 4 members (excludes halogenated alkanes) is 1. The second kappa shape index (κ2) is 8.17. The number of rotatable bonds is 7. The Bertz CT molecular complexity index is 421. The van der Waals surface area contributed by atoms with Crippen LogP contribution in [-0.4, -0.2) is 24.2 Å². The van der Waals surface area contributed by atoms with E-state index in [9.17, 15) is 9.90 Å². The van der Waals surface area contributed by atoms with Crippen molar-refractivity contribution in [1.29, 1.82) is 0 Å². The number of carbonyl (C=O) groups is 1. The molecule has 0 aliphatic heterocycles. The Labute approximate surface area is 122 Å². The van der Waals surface area contributed by atoms with Crippen molar-refractivity contribution in [2.75, 3.05) is 13.2 Å². The van der Waals surface area contributed by atoms with E-state index in [0.717, 1.165) is 17.3 Å². The number of carbonyl (C=O) groups excluding carboxylic acids is 1. The summed E-state index contributed by atoms with van der Waals surface area (Å²) in [6.07, 6.45) is 1.37. The van der Waals surface area contributed by atoms with Gasteiger partial charge in [0.05, 0.1) is 6.10 Å². The predicted octanol–water partition coefficient (Wildman–Crippen LogP) is 2.80. The third-order valence-electron chi connectivity index (χ3n) is 2.64. The zero-order valence-corrected chi connectivity index (χ0v) is 12.9. The van der Waals surface area contributed by atoms with Gasteiger partial charge in [-0.25, -0.2) is 0 Å². The van der Waals surface area contributed by atoms with Crippen LogP contribution in [0.5, 0.6) is 5.75 Å². The van der Waals surface area contributed by atoms with Gasteiger partial charge < -0.3 is 15.2 Å². The van der Waals surface area contributed by atoms with Crippen LogP contribution in [0.1, 0.15) is 38.4 Å². The fourth-order valence-corrected chi connectivity index (χ4v) is 1.92. The minimum atomic E-state index is -0.633. The molecule has 0 saturated carbocycles. The molecule has 0 saturated heterocycles. The highest BCUT2D eigenvalue weighted by Crippen LogP contribution is 2.28. The molecule has 0 aliphatic rings. The van der Waals surface area contributed by atoms with Crippen molar-refractivity contribution < 1.29 is 14.6 Å². The third-order valence-corrected chi connectivity index (χ3v) is 3.13. The molecule has 2 N–H and O–H groups in total. The van der Waals surface area contributed by atoms with Gasteiger partial charge in [0.1, 0.15) is 5.75 Å². The molecule has 106 valence electrons. The topological polar surface area (TPSA) is 58.6 Å². The minimum Gasteiger partial charge on any atom is -0.483 e. The number of hydrogen-bond donors (Lipinski definition) is 2. The summed E-state index contributed by atoms with van der Waals surface area (Å²) in [5, 5.41) is 12.4. The SMILES string of the molecule is CCCCNC(=O)COc1cc(Br)ccc1[C@@H](C)O. The summed E-state index contributed by atoms with van der Waals surface area (Å²) in [4.78, 5) is 11.5. The first-order valence-electron chi connectivity index (χ1n) is 6.41. The van der Waals surface area contributed by atoms with E-state index in [1.807, 2.05) is 6.07 Å². The molecule has 1 aromatic rings. The van der Waals surface area contributed by atoms with E-state index in [-0.39, 0.29) is 12.5 Å². The van der Waals surface area contributed by atoms with Crippen molar-refractivity contribution in [1.82, 2.24) is 5.32 Å². The van der Waals surface area contributed by atoms with E-state index in [4.69, 9.17) is 4.74 Å². The average Bonchev–Trinajstić information content (AvgIpc) is 2.36. The average molecular weight is 330 g/mol. The number of benzene rings is 1. The molecule has 1 rings (SSSR count). The van der Waals surface area contributed by atoms with Crippen molar-refractivity contribution in [2.24, 2.45) is 0 Å². The summed E-state index contributed by atoms with van der Waals surface area (Å²) in [6, 6.07) is 5.36. The highest BCUT2D eigenvalue weighted by Gasteiger charge is 2.11. The van der Waals surface area contributed by atoms with Gasteiger partial charge in [-0.15, -0.1) is 0 Å². The van der Waals surface area contributed by atoms with E-state index in [1.165, 1.54) is 0 Å². The lowest BCUT2D eigenvalue weighted by Gasteiger charge is -2.13. The fourth-order valence-electron chi connectivity index (χ4n) is 1.58. The summed E-state index contributed by atoms with van der Waals surface area (Å²) >= 11 is 3.34. The number of aliphatic hydroxyl groups excluding tert-OH is 1. The molecular weight excluding hydrogens is 310 g/mol. The Morgan fingerprint density at radius 3 is 2.89 bits per heavy atom. The summed E-state index contributed by atoms with van der Waals surface area (Å²) in [7, 11) is 0. The lowest BCUT2D eigenvalue weighted by Crippen LogP contribution is -2.29. The number of amides is 1. The normalized spacial score (nSPS) is 12.0. The molecule has 0 radical (unpaired) electrons. The van der Waals surface area contributed by atoms with Crippen molar-refractivity contribution in [3.05, 3.63) is 28.2 Å². The lowest BCUT2D eigenvalue weighted by atomic mass is 10.1. The third kappa shape index (κ3) is 5.61. The van der Waals surface area contributed by atoms with Crippen LogP contribution in [0.3, 0.4) is 0 Å². The van der Waals surface area contributed by atoms with Gasteiger partial charge in [0, 0.05) is 16.6 Å².